The molecule has 5 heteroatoms. The Hall–Kier alpha value is -2.04. The van der Waals surface area contributed by atoms with E-state index in [0.29, 0.717) is 0 Å². The minimum atomic E-state index is -0.0643. The molecule has 1 aromatic carbocycles. The van der Waals surface area contributed by atoms with Gasteiger partial charge in [-0.15, -0.1) is 0 Å². The molecule has 17 heavy (non-hydrogen) atoms. The normalized spacial score (nSPS) is 14.0. The standard InChI is InChI=1S/C12H16N4O/c13-12(14)15-8-11(17)16-7-3-5-9-4-1-2-6-10(9)16/h1-2,4,6H,3,5,7-8H2,(H4,13,14,15). The van der Waals surface area contributed by atoms with Crippen molar-refractivity contribution in [3.8, 4) is 0 Å². The molecule has 0 radical (unpaired) electrons. The van der Waals surface area contributed by atoms with E-state index in [1.54, 1.807) is 4.90 Å². The average molecular weight is 232 g/mol. The summed E-state index contributed by atoms with van der Waals surface area (Å²) in [6.07, 6.45) is 1.99. The molecule has 0 saturated heterocycles. The van der Waals surface area contributed by atoms with E-state index in [4.69, 9.17) is 11.5 Å². The van der Waals surface area contributed by atoms with Crippen molar-refractivity contribution in [1.82, 2.24) is 0 Å². The smallest absolute Gasteiger partial charge is 0.248 e. The SMILES string of the molecule is NC(N)=NCC(=O)N1CCCc2ccccc21. The molecule has 5 nitrogen and oxygen atoms in total. The monoisotopic (exact) mass is 232 g/mol. The average Bonchev–Trinajstić information content (AvgIpc) is 2.35. The van der Waals surface area contributed by atoms with E-state index in [1.165, 1.54) is 5.56 Å². The topological polar surface area (TPSA) is 84.7 Å². The number of anilines is 1. The quantitative estimate of drug-likeness (QED) is 0.566. The van der Waals surface area contributed by atoms with Gasteiger partial charge in [0.25, 0.3) is 0 Å². The zero-order valence-corrected chi connectivity index (χ0v) is 9.60. The van der Waals surface area contributed by atoms with E-state index in [-0.39, 0.29) is 18.4 Å². The molecule has 0 saturated carbocycles. The predicted octanol–water partition coefficient (Wildman–Crippen LogP) is 0.239. The number of fused-ring (bicyclic) bond motifs is 1. The maximum atomic E-state index is 12.0. The predicted molar refractivity (Wildman–Crippen MR) is 67.8 cm³/mol. The molecule has 1 aliphatic heterocycles. The van der Waals surface area contributed by atoms with Crippen LogP contribution in [-0.4, -0.2) is 25.0 Å². The fraction of sp³-hybridized carbons (Fsp3) is 0.333. The van der Waals surface area contributed by atoms with Gasteiger partial charge in [0.2, 0.25) is 5.91 Å². The third-order valence-electron chi connectivity index (χ3n) is 2.81. The van der Waals surface area contributed by atoms with Crippen LogP contribution in [0.5, 0.6) is 0 Å². The molecular weight excluding hydrogens is 216 g/mol. The van der Waals surface area contributed by atoms with E-state index in [2.05, 4.69) is 11.1 Å². The lowest BCUT2D eigenvalue weighted by Gasteiger charge is -2.29. The van der Waals surface area contributed by atoms with Gasteiger partial charge in [-0.05, 0) is 24.5 Å². The minimum Gasteiger partial charge on any atom is -0.370 e. The number of nitrogens with two attached hydrogens (primary N) is 2. The first-order chi connectivity index (χ1) is 8.18. The first-order valence-electron chi connectivity index (χ1n) is 5.62. The number of rotatable bonds is 2. The molecular formula is C12H16N4O. The van der Waals surface area contributed by atoms with Gasteiger partial charge in [-0.1, -0.05) is 18.2 Å². The summed E-state index contributed by atoms with van der Waals surface area (Å²) in [7, 11) is 0. The van der Waals surface area contributed by atoms with Gasteiger partial charge >= 0.3 is 0 Å². The molecule has 0 fully saturated rings. The third kappa shape index (κ3) is 2.55. The van der Waals surface area contributed by atoms with Crippen LogP contribution in [0.3, 0.4) is 0 Å². The lowest BCUT2D eigenvalue weighted by Crippen LogP contribution is -2.37. The Labute approximate surface area is 100 Å². The summed E-state index contributed by atoms with van der Waals surface area (Å²) in [5, 5.41) is 0. The summed E-state index contributed by atoms with van der Waals surface area (Å²) in [6, 6.07) is 7.94. The number of aliphatic imine (C=N–C) groups is 1. The van der Waals surface area contributed by atoms with E-state index >= 15 is 0 Å². The number of nitrogens with zero attached hydrogens (tertiary/aromatic N) is 2. The Morgan fingerprint density at radius 3 is 2.88 bits per heavy atom. The summed E-state index contributed by atoms with van der Waals surface area (Å²) >= 11 is 0. The summed E-state index contributed by atoms with van der Waals surface area (Å²) in [4.78, 5) is 17.5. The highest BCUT2D eigenvalue weighted by Crippen LogP contribution is 2.26. The number of hydrogen-bond acceptors (Lipinski definition) is 2. The maximum absolute atomic E-state index is 12.0. The number of carbonyl (C=O) groups excluding carboxylic acids is 1. The molecule has 0 aliphatic carbocycles. The molecule has 4 N–H and O–H groups in total. The zero-order chi connectivity index (χ0) is 12.3. The fourth-order valence-electron chi connectivity index (χ4n) is 2.04. The molecule has 90 valence electrons. The zero-order valence-electron chi connectivity index (χ0n) is 9.60. The molecule has 1 heterocycles. The van der Waals surface area contributed by atoms with Crippen molar-refractivity contribution in [2.75, 3.05) is 18.0 Å². The minimum absolute atomic E-state index is 0.0106. The second-order valence-corrected chi connectivity index (χ2v) is 4.02. The molecule has 1 aliphatic rings. The van der Waals surface area contributed by atoms with Crippen molar-refractivity contribution in [3.63, 3.8) is 0 Å². The lowest BCUT2D eigenvalue weighted by molar-refractivity contribution is -0.117. The van der Waals surface area contributed by atoms with Crippen LogP contribution in [0.25, 0.3) is 0 Å². The highest BCUT2D eigenvalue weighted by Gasteiger charge is 2.21. The summed E-state index contributed by atoms with van der Waals surface area (Å²) in [5.74, 6) is -0.116. The van der Waals surface area contributed by atoms with Crippen LogP contribution in [0.4, 0.5) is 5.69 Å². The molecule has 0 aromatic heterocycles. The van der Waals surface area contributed by atoms with Gasteiger partial charge in [0.15, 0.2) is 5.96 Å². The summed E-state index contributed by atoms with van der Waals surface area (Å²) in [6.45, 7) is 0.743. The second-order valence-electron chi connectivity index (χ2n) is 4.02. The number of carbonyl (C=O) groups is 1. The first kappa shape index (κ1) is 11.4. The lowest BCUT2D eigenvalue weighted by atomic mass is 10.0. The first-order valence-corrected chi connectivity index (χ1v) is 5.62. The van der Waals surface area contributed by atoms with Crippen molar-refractivity contribution in [3.05, 3.63) is 29.8 Å². The molecule has 0 unspecified atom stereocenters. The Morgan fingerprint density at radius 1 is 1.35 bits per heavy atom. The van der Waals surface area contributed by atoms with Crippen molar-refractivity contribution >= 4 is 17.6 Å². The van der Waals surface area contributed by atoms with Crippen LogP contribution < -0.4 is 16.4 Å². The number of amides is 1. The number of aryl methyl sites for hydroxylation is 1. The van der Waals surface area contributed by atoms with Gasteiger partial charge in [-0.3, -0.25) is 4.79 Å². The largest absolute Gasteiger partial charge is 0.370 e. The third-order valence-corrected chi connectivity index (χ3v) is 2.81. The second kappa shape index (κ2) is 4.86. The molecule has 0 atom stereocenters. The molecule has 2 rings (SSSR count). The number of para-hydroxylation sites is 1. The van der Waals surface area contributed by atoms with Gasteiger partial charge in [0, 0.05) is 12.2 Å². The van der Waals surface area contributed by atoms with Crippen LogP contribution in [0.15, 0.2) is 29.3 Å². The molecule has 1 aromatic rings. The van der Waals surface area contributed by atoms with Gasteiger partial charge < -0.3 is 16.4 Å². The van der Waals surface area contributed by atoms with Crippen molar-refractivity contribution in [2.45, 2.75) is 12.8 Å². The Kier molecular flexibility index (Phi) is 3.27. The highest BCUT2D eigenvalue weighted by molar-refractivity contribution is 5.97. The molecule has 0 bridgehead atoms. The van der Waals surface area contributed by atoms with Crippen molar-refractivity contribution < 1.29 is 4.79 Å². The van der Waals surface area contributed by atoms with Gasteiger partial charge in [0.1, 0.15) is 6.54 Å². The van der Waals surface area contributed by atoms with Crippen LogP contribution in [-0.2, 0) is 11.2 Å². The number of hydrogen-bond donors (Lipinski definition) is 2. The summed E-state index contributed by atoms with van der Waals surface area (Å²) in [5.41, 5.74) is 12.6. The van der Waals surface area contributed by atoms with E-state index < -0.39 is 0 Å². The van der Waals surface area contributed by atoms with Crippen molar-refractivity contribution in [2.24, 2.45) is 16.5 Å². The Balaban J connectivity index is 2.18. The van der Waals surface area contributed by atoms with Gasteiger partial charge in [-0.2, -0.15) is 0 Å². The fourth-order valence-corrected chi connectivity index (χ4v) is 2.04. The molecule has 1 amide bonds. The Morgan fingerprint density at radius 2 is 2.12 bits per heavy atom. The molecule has 0 spiro atoms. The van der Waals surface area contributed by atoms with E-state index in [0.717, 1.165) is 25.1 Å². The van der Waals surface area contributed by atoms with Gasteiger partial charge in [0.05, 0.1) is 0 Å². The van der Waals surface area contributed by atoms with Crippen LogP contribution in [0, 0.1) is 0 Å². The van der Waals surface area contributed by atoms with Crippen LogP contribution in [0.1, 0.15) is 12.0 Å². The number of guanidine groups is 1. The summed E-state index contributed by atoms with van der Waals surface area (Å²) < 4.78 is 0. The van der Waals surface area contributed by atoms with Crippen LogP contribution >= 0.6 is 0 Å². The Bertz CT molecular complexity index is 452. The van der Waals surface area contributed by atoms with Crippen LogP contribution in [0.2, 0.25) is 0 Å². The van der Waals surface area contributed by atoms with E-state index in [1.807, 2.05) is 18.2 Å². The van der Waals surface area contributed by atoms with Gasteiger partial charge in [-0.25, -0.2) is 4.99 Å². The highest BCUT2D eigenvalue weighted by atomic mass is 16.2. The van der Waals surface area contributed by atoms with Crippen molar-refractivity contribution in [1.29, 1.82) is 0 Å². The van der Waals surface area contributed by atoms with E-state index in [9.17, 15) is 4.79 Å². The number of benzene rings is 1. The maximum Gasteiger partial charge on any atom is 0.248 e.